The average Bonchev–Trinajstić information content (AvgIpc) is 2.41. The van der Waals surface area contributed by atoms with Gasteiger partial charge in [-0.1, -0.05) is 0 Å². The topological polar surface area (TPSA) is 81.5 Å². The van der Waals surface area contributed by atoms with Crippen LogP contribution in [-0.2, 0) is 16.6 Å². The summed E-state index contributed by atoms with van der Waals surface area (Å²) in [5, 5.41) is 4.04. The Bertz CT molecular complexity index is 619. The van der Waals surface area contributed by atoms with E-state index in [1.165, 1.54) is 19.1 Å². The number of carbonyl (C=O) groups is 2. The Balaban J connectivity index is 3.34. The van der Waals surface area contributed by atoms with Crippen molar-refractivity contribution in [2.45, 2.75) is 33.7 Å². The fourth-order valence-corrected chi connectivity index (χ4v) is 1.94. The second kappa shape index (κ2) is 6.51. The first-order valence-corrected chi connectivity index (χ1v) is 6.63. The van der Waals surface area contributed by atoms with E-state index in [0.29, 0.717) is 11.3 Å². The fraction of sp³-hybridized carbons (Fsp3) is 0.571. The van der Waals surface area contributed by atoms with Crippen LogP contribution in [0.1, 0.15) is 35.5 Å². The van der Waals surface area contributed by atoms with E-state index in [1.807, 2.05) is 0 Å². The number of ether oxygens (including phenoxy) is 1. The van der Waals surface area contributed by atoms with Gasteiger partial charge < -0.3 is 9.64 Å². The molecule has 1 aromatic heterocycles. The molecule has 7 heteroatoms. The van der Waals surface area contributed by atoms with Gasteiger partial charge in [-0.15, -0.1) is 0 Å². The highest BCUT2D eigenvalue weighted by Crippen LogP contribution is 2.11. The van der Waals surface area contributed by atoms with E-state index < -0.39 is 17.4 Å². The van der Waals surface area contributed by atoms with E-state index in [1.54, 1.807) is 27.7 Å². The molecule has 0 radical (unpaired) electrons. The van der Waals surface area contributed by atoms with Crippen molar-refractivity contribution in [3.8, 4) is 0 Å². The van der Waals surface area contributed by atoms with E-state index in [0.717, 1.165) is 4.68 Å². The summed E-state index contributed by atoms with van der Waals surface area (Å²) in [4.78, 5) is 37.6. The van der Waals surface area contributed by atoms with Gasteiger partial charge >= 0.3 is 5.97 Å². The van der Waals surface area contributed by atoms with Crippen molar-refractivity contribution in [3.63, 3.8) is 0 Å². The lowest BCUT2D eigenvalue weighted by Crippen LogP contribution is -2.44. The number of hydrogen-bond acceptors (Lipinski definition) is 5. The van der Waals surface area contributed by atoms with Crippen molar-refractivity contribution in [2.24, 2.45) is 7.05 Å². The van der Waals surface area contributed by atoms with Gasteiger partial charge in [0, 0.05) is 13.1 Å². The Labute approximate surface area is 123 Å². The molecule has 1 rings (SSSR count). The lowest BCUT2D eigenvalue weighted by atomic mass is 10.1. The summed E-state index contributed by atoms with van der Waals surface area (Å²) in [6, 6.07) is -0.242. The molecule has 0 atom stereocenters. The molecular weight excluding hydrogens is 274 g/mol. The summed E-state index contributed by atoms with van der Waals surface area (Å²) in [5.41, 5.74) is 0.696. The van der Waals surface area contributed by atoms with E-state index in [9.17, 15) is 14.4 Å². The average molecular weight is 295 g/mol. The van der Waals surface area contributed by atoms with Crippen molar-refractivity contribution >= 4 is 11.9 Å². The third-order valence-corrected chi connectivity index (χ3v) is 3.35. The minimum atomic E-state index is -0.530. The zero-order chi connectivity index (χ0) is 16.3. The highest BCUT2D eigenvalue weighted by Gasteiger charge is 2.27. The first-order chi connectivity index (χ1) is 9.70. The number of aromatic nitrogens is 2. The standard InChI is InChI=1S/C14H21N3O4/c1-8(2)17(7-11(18)21-6)14(20)12-9(3)10(4)15-16(5)13(12)19/h8H,7H2,1-6H3. The molecule has 0 fully saturated rings. The lowest BCUT2D eigenvalue weighted by molar-refractivity contribution is -0.141. The number of methoxy groups -OCH3 is 1. The Morgan fingerprint density at radius 2 is 1.90 bits per heavy atom. The van der Waals surface area contributed by atoms with Crippen molar-refractivity contribution in [2.75, 3.05) is 13.7 Å². The molecule has 1 heterocycles. The maximum absolute atomic E-state index is 12.7. The van der Waals surface area contributed by atoms with Crippen LogP contribution in [0.4, 0.5) is 0 Å². The maximum Gasteiger partial charge on any atom is 0.325 e. The Kier molecular flexibility index (Phi) is 5.23. The molecule has 0 unspecified atom stereocenters. The van der Waals surface area contributed by atoms with Gasteiger partial charge in [-0.05, 0) is 33.3 Å². The van der Waals surface area contributed by atoms with E-state index in [-0.39, 0.29) is 18.2 Å². The molecule has 0 aromatic carbocycles. The van der Waals surface area contributed by atoms with Crippen LogP contribution in [0.5, 0.6) is 0 Å². The molecule has 0 spiro atoms. The smallest absolute Gasteiger partial charge is 0.325 e. The van der Waals surface area contributed by atoms with Crippen molar-refractivity contribution in [3.05, 3.63) is 27.2 Å². The molecule has 0 aliphatic rings. The zero-order valence-electron chi connectivity index (χ0n) is 13.3. The molecule has 116 valence electrons. The molecular formula is C14H21N3O4. The molecule has 0 aliphatic heterocycles. The van der Waals surface area contributed by atoms with Gasteiger partial charge in [-0.3, -0.25) is 14.4 Å². The van der Waals surface area contributed by atoms with Gasteiger partial charge in [-0.25, -0.2) is 4.68 Å². The summed E-state index contributed by atoms with van der Waals surface area (Å²) >= 11 is 0. The normalized spacial score (nSPS) is 10.6. The van der Waals surface area contributed by atoms with Crippen LogP contribution in [-0.4, -0.2) is 46.3 Å². The highest BCUT2D eigenvalue weighted by atomic mass is 16.5. The Morgan fingerprint density at radius 3 is 2.38 bits per heavy atom. The number of rotatable bonds is 4. The van der Waals surface area contributed by atoms with Crippen LogP contribution < -0.4 is 5.56 Å². The van der Waals surface area contributed by atoms with Crippen LogP contribution >= 0.6 is 0 Å². The summed E-state index contributed by atoms with van der Waals surface area (Å²) in [6.45, 7) is 6.75. The Morgan fingerprint density at radius 1 is 1.33 bits per heavy atom. The maximum atomic E-state index is 12.7. The minimum Gasteiger partial charge on any atom is -0.468 e. The summed E-state index contributed by atoms with van der Waals surface area (Å²) in [6.07, 6.45) is 0. The second-order valence-electron chi connectivity index (χ2n) is 5.12. The van der Waals surface area contributed by atoms with Crippen molar-refractivity contribution in [1.29, 1.82) is 0 Å². The van der Waals surface area contributed by atoms with E-state index in [2.05, 4.69) is 9.84 Å². The third kappa shape index (κ3) is 3.48. The highest BCUT2D eigenvalue weighted by molar-refractivity contribution is 5.97. The molecule has 1 amide bonds. The molecule has 21 heavy (non-hydrogen) atoms. The van der Waals surface area contributed by atoms with Gasteiger partial charge in [0.05, 0.1) is 12.8 Å². The third-order valence-electron chi connectivity index (χ3n) is 3.35. The summed E-state index contributed by atoms with van der Waals surface area (Å²) < 4.78 is 5.73. The first kappa shape index (κ1) is 16.9. The second-order valence-corrected chi connectivity index (χ2v) is 5.12. The van der Waals surface area contributed by atoms with Crippen LogP contribution in [0.25, 0.3) is 0 Å². The monoisotopic (exact) mass is 295 g/mol. The molecule has 0 saturated carbocycles. The van der Waals surface area contributed by atoms with Gasteiger partial charge in [0.15, 0.2) is 0 Å². The quantitative estimate of drug-likeness (QED) is 0.752. The number of hydrogen-bond donors (Lipinski definition) is 0. The minimum absolute atomic E-state index is 0.0441. The van der Waals surface area contributed by atoms with Gasteiger partial charge in [0.2, 0.25) is 0 Å². The first-order valence-electron chi connectivity index (χ1n) is 6.63. The number of amides is 1. The van der Waals surface area contributed by atoms with Gasteiger partial charge in [0.1, 0.15) is 12.1 Å². The van der Waals surface area contributed by atoms with Crippen LogP contribution in [0.15, 0.2) is 4.79 Å². The predicted molar refractivity (Wildman–Crippen MR) is 77.1 cm³/mol. The Hall–Kier alpha value is -2.18. The van der Waals surface area contributed by atoms with Crippen LogP contribution in [0.3, 0.4) is 0 Å². The molecule has 0 aliphatic carbocycles. The van der Waals surface area contributed by atoms with Gasteiger partial charge in [0.25, 0.3) is 11.5 Å². The van der Waals surface area contributed by atoms with E-state index in [4.69, 9.17) is 0 Å². The fourth-order valence-electron chi connectivity index (χ4n) is 1.94. The SMILES string of the molecule is COC(=O)CN(C(=O)c1c(C)c(C)nn(C)c1=O)C(C)C. The predicted octanol–water partition coefficient (Wildman–Crippen LogP) is 0.421. The molecule has 1 aromatic rings. The lowest BCUT2D eigenvalue weighted by Gasteiger charge is -2.26. The van der Waals surface area contributed by atoms with E-state index >= 15 is 0 Å². The zero-order valence-corrected chi connectivity index (χ0v) is 13.3. The van der Waals surface area contributed by atoms with Crippen LogP contribution in [0.2, 0.25) is 0 Å². The number of esters is 1. The number of carbonyl (C=O) groups excluding carboxylic acids is 2. The molecule has 0 bridgehead atoms. The van der Waals surface area contributed by atoms with Crippen molar-refractivity contribution < 1.29 is 14.3 Å². The van der Waals surface area contributed by atoms with Crippen molar-refractivity contribution in [1.82, 2.24) is 14.7 Å². The molecule has 7 nitrogen and oxygen atoms in total. The van der Waals surface area contributed by atoms with Crippen LogP contribution in [0, 0.1) is 13.8 Å². The largest absolute Gasteiger partial charge is 0.468 e. The molecule has 0 saturated heterocycles. The summed E-state index contributed by atoms with van der Waals surface area (Å²) in [5.74, 6) is -1.02. The summed E-state index contributed by atoms with van der Waals surface area (Å²) in [7, 11) is 2.75. The number of aryl methyl sites for hydroxylation is 2. The van der Waals surface area contributed by atoms with Gasteiger partial charge in [-0.2, -0.15) is 5.10 Å². The molecule has 0 N–H and O–H groups in total. The number of nitrogens with zero attached hydrogens (tertiary/aromatic N) is 3.